The lowest BCUT2D eigenvalue weighted by molar-refractivity contribution is 0.575. The molecule has 0 amide bonds. The van der Waals surface area contributed by atoms with Crippen molar-refractivity contribution < 1.29 is 0 Å². The van der Waals surface area contributed by atoms with Crippen LogP contribution in [-0.4, -0.2) is 9.55 Å². The van der Waals surface area contributed by atoms with E-state index in [-0.39, 0.29) is 11.2 Å². The Bertz CT molecular complexity index is 591. The number of aromatic amines is 1. The number of hydrogen-bond acceptors (Lipinski definition) is 2. The van der Waals surface area contributed by atoms with Crippen LogP contribution in [0.3, 0.4) is 0 Å². The molecule has 0 unspecified atom stereocenters. The topological polar surface area (TPSA) is 54.9 Å². The summed E-state index contributed by atoms with van der Waals surface area (Å²) in [6.07, 6.45) is 12.2. The van der Waals surface area contributed by atoms with E-state index in [1.165, 1.54) is 5.57 Å². The first-order valence-corrected chi connectivity index (χ1v) is 6.32. The lowest BCUT2D eigenvalue weighted by Gasteiger charge is -2.06. The molecule has 0 fully saturated rings. The van der Waals surface area contributed by atoms with Gasteiger partial charge in [0.2, 0.25) is 0 Å². The Kier molecular flexibility index (Phi) is 3.97. The lowest BCUT2D eigenvalue weighted by Crippen LogP contribution is -2.30. The van der Waals surface area contributed by atoms with Gasteiger partial charge >= 0.3 is 5.69 Å². The molecule has 1 aromatic rings. The second kappa shape index (κ2) is 5.67. The first-order chi connectivity index (χ1) is 8.66. The minimum absolute atomic E-state index is 0.293. The van der Waals surface area contributed by atoms with Gasteiger partial charge in [0, 0.05) is 18.3 Å². The van der Waals surface area contributed by atoms with E-state index in [0.29, 0.717) is 12.1 Å². The Morgan fingerprint density at radius 2 is 2.17 bits per heavy atom. The number of nitrogens with one attached hydrogen (secondary N) is 1. The molecule has 4 nitrogen and oxygen atoms in total. The summed E-state index contributed by atoms with van der Waals surface area (Å²) in [7, 11) is 0. The molecule has 1 heterocycles. The van der Waals surface area contributed by atoms with Gasteiger partial charge in [-0.25, -0.2) is 4.79 Å². The predicted octanol–water partition coefficient (Wildman–Crippen LogP) is 1.90. The summed E-state index contributed by atoms with van der Waals surface area (Å²) in [6.45, 7) is 2.38. The van der Waals surface area contributed by atoms with Crippen LogP contribution in [0, 0.1) is 6.92 Å². The largest absolute Gasteiger partial charge is 0.328 e. The number of nitrogens with zero attached hydrogens (tertiary/aromatic N) is 1. The molecule has 4 heteroatoms. The zero-order chi connectivity index (χ0) is 13.0. The fraction of sp³-hybridized carbons (Fsp3) is 0.429. The minimum atomic E-state index is -0.313. The molecular formula is C14H18N2O2. The van der Waals surface area contributed by atoms with Gasteiger partial charge in [-0.1, -0.05) is 23.8 Å². The van der Waals surface area contributed by atoms with Crippen LogP contribution in [0.5, 0.6) is 0 Å². The standard InChI is InChI=1S/C14H18N2O2/c1-11-10-16(14(18)15-13(11)17)9-5-4-8-12-6-2-3-7-12/h2-3,6,10H,4-5,7-9H2,1H3,(H,15,17,18). The summed E-state index contributed by atoms with van der Waals surface area (Å²) >= 11 is 0. The van der Waals surface area contributed by atoms with Gasteiger partial charge in [0.05, 0.1) is 0 Å². The Morgan fingerprint density at radius 1 is 1.33 bits per heavy atom. The van der Waals surface area contributed by atoms with E-state index in [1.807, 2.05) is 0 Å². The van der Waals surface area contributed by atoms with E-state index in [9.17, 15) is 9.59 Å². The van der Waals surface area contributed by atoms with Crippen LogP contribution in [0.1, 0.15) is 31.2 Å². The van der Waals surface area contributed by atoms with E-state index in [1.54, 1.807) is 17.7 Å². The first-order valence-electron chi connectivity index (χ1n) is 6.32. The SMILES string of the molecule is Cc1cn(CCCCC2=CC=CC2)c(=O)[nH]c1=O. The Hall–Kier alpha value is -1.84. The molecule has 0 atom stereocenters. The van der Waals surface area contributed by atoms with Crippen LogP contribution in [0.15, 0.2) is 39.6 Å². The molecule has 0 radical (unpaired) electrons. The van der Waals surface area contributed by atoms with Crippen molar-refractivity contribution in [2.75, 3.05) is 0 Å². The Labute approximate surface area is 106 Å². The van der Waals surface area contributed by atoms with Crippen molar-refractivity contribution in [1.29, 1.82) is 0 Å². The maximum Gasteiger partial charge on any atom is 0.328 e. The summed E-state index contributed by atoms with van der Waals surface area (Å²) in [5.74, 6) is 0. The van der Waals surface area contributed by atoms with Crippen LogP contribution in [0.4, 0.5) is 0 Å². The van der Waals surface area contributed by atoms with Gasteiger partial charge in [0.1, 0.15) is 0 Å². The summed E-state index contributed by atoms with van der Waals surface area (Å²) in [6, 6.07) is 0. The fourth-order valence-corrected chi connectivity index (χ4v) is 2.10. The quantitative estimate of drug-likeness (QED) is 0.807. The van der Waals surface area contributed by atoms with Crippen LogP contribution < -0.4 is 11.2 Å². The first kappa shape index (κ1) is 12.6. The van der Waals surface area contributed by atoms with E-state index in [0.717, 1.165) is 25.7 Å². The number of allylic oxidation sites excluding steroid dienone is 4. The number of aromatic nitrogens is 2. The van der Waals surface area contributed by atoms with E-state index in [2.05, 4.69) is 23.2 Å². The molecule has 0 saturated heterocycles. The summed E-state index contributed by atoms with van der Waals surface area (Å²) in [5.41, 5.74) is 1.43. The molecule has 0 spiro atoms. The third-order valence-electron chi connectivity index (χ3n) is 3.18. The molecular weight excluding hydrogens is 228 g/mol. The molecule has 0 saturated carbocycles. The number of unbranched alkanes of at least 4 members (excludes halogenated alkanes) is 1. The molecule has 1 aromatic heterocycles. The number of aryl methyl sites for hydroxylation is 2. The summed E-state index contributed by atoms with van der Waals surface area (Å²) in [4.78, 5) is 25.1. The Morgan fingerprint density at radius 3 is 2.89 bits per heavy atom. The molecule has 1 aliphatic rings. The summed E-state index contributed by atoms with van der Waals surface area (Å²) in [5, 5.41) is 0. The number of rotatable bonds is 5. The highest BCUT2D eigenvalue weighted by molar-refractivity contribution is 5.22. The van der Waals surface area contributed by atoms with Crippen molar-refractivity contribution >= 4 is 0 Å². The fourth-order valence-electron chi connectivity index (χ4n) is 2.10. The van der Waals surface area contributed by atoms with Crippen LogP contribution >= 0.6 is 0 Å². The van der Waals surface area contributed by atoms with Crippen LogP contribution in [0.25, 0.3) is 0 Å². The normalized spacial score (nSPS) is 13.9. The highest BCUT2D eigenvalue weighted by atomic mass is 16.2. The van der Waals surface area contributed by atoms with Crippen molar-refractivity contribution in [3.63, 3.8) is 0 Å². The van der Waals surface area contributed by atoms with E-state index >= 15 is 0 Å². The molecule has 0 aromatic carbocycles. The van der Waals surface area contributed by atoms with Crippen molar-refractivity contribution in [3.8, 4) is 0 Å². The van der Waals surface area contributed by atoms with Crippen molar-refractivity contribution in [1.82, 2.24) is 9.55 Å². The van der Waals surface area contributed by atoms with Gasteiger partial charge in [0.25, 0.3) is 5.56 Å². The zero-order valence-electron chi connectivity index (χ0n) is 10.6. The molecule has 0 aliphatic heterocycles. The van der Waals surface area contributed by atoms with E-state index in [4.69, 9.17) is 0 Å². The highest BCUT2D eigenvalue weighted by Gasteiger charge is 2.02. The average molecular weight is 246 g/mol. The van der Waals surface area contributed by atoms with Gasteiger partial charge in [-0.3, -0.25) is 9.78 Å². The van der Waals surface area contributed by atoms with E-state index < -0.39 is 0 Å². The third-order valence-corrected chi connectivity index (χ3v) is 3.18. The third kappa shape index (κ3) is 3.09. The maximum absolute atomic E-state index is 11.5. The molecule has 96 valence electrons. The van der Waals surface area contributed by atoms with Crippen molar-refractivity contribution in [2.45, 2.75) is 39.2 Å². The predicted molar refractivity (Wildman–Crippen MR) is 71.8 cm³/mol. The molecule has 1 aliphatic carbocycles. The zero-order valence-corrected chi connectivity index (χ0v) is 10.6. The van der Waals surface area contributed by atoms with Crippen LogP contribution in [-0.2, 0) is 6.54 Å². The van der Waals surface area contributed by atoms with Gasteiger partial charge in [-0.15, -0.1) is 0 Å². The van der Waals surface area contributed by atoms with Gasteiger partial charge in [-0.05, 0) is 32.6 Å². The van der Waals surface area contributed by atoms with Crippen molar-refractivity contribution in [2.24, 2.45) is 0 Å². The lowest BCUT2D eigenvalue weighted by atomic mass is 10.1. The molecule has 18 heavy (non-hydrogen) atoms. The number of H-pyrrole nitrogens is 1. The monoisotopic (exact) mass is 246 g/mol. The van der Waals surface area contributed by atoms with Crippen LogP contribution in [0.2, 0.25) is 0 Å². The molecule has 1 N–H and O–H groups in total. The number of hydrogen-bond donors (Lipinski definition) is 1. The molecule has 0 bridgehead atoms. The maximum atomic E-state index is 11.5. The average Bonchev–Trinajstić information content (AvgIpc) is 2.84. The molecule has 2 rings (SSSR count). The second-order valence-corrected chi connectivity index (χ2v) is 4.68. The smallest absolute Gasteiger partial charge is 0.300 e. The second-order valence-electron chi connectivity index (χ2n) is 4.68. The van der Waals surface area contributed by atoms with Gasteiger partial charge in [-0.2, -0.15) is 0 Å². The van der Waals surface area contributed by atoms with Gasteiger partial charge in [0.15, 0.2) is 0 Å². The minimum Gasteiger partial charge on any atom is -0.300 e. The van der Waals surface area contributed by atoms with Gasteiger partial charge < -0.3 is 4.57 Å². The van der Waals surface area contributed by atoms with Crippen molar-refractivity contribution in [3.05, 3.63) is 56.4 Å². The highest BCUT2D eigenvalue weighted by Crippen LogP contribution is 2.17. The Balaban J connectivity index is 1.85. The summed E-state index contributed by atoms with van der Waals surface area (Å²) < 4.78 is 1.58.